The number of aromatic nitrogens is 1. The molecule has 0 aromatic carbocycles. The van der Waals surface area contributed by atoms with Crippen LogP contribution in [-0.4, -0.2) is 54.5 Å². The predicted molar refractivity (Wildman–Crippen MR) is 98.9 cm³/mol. The van der Waals surface area contributed by atoms with Crippen molar-refractivity contribution in [1.82, 2.24) is 20.5 Å². The van der Waals surface area contributed by atoms with Gasteiger partial charge in [0.15, 0.2) is 5.82 Å². The van der Waals surface area contributed by atoms with Crippen molar-refractivity contribution in [3.05, 3.63) is 40.9 Å². The molecular weight excluding hydrogens is 349 g/mol. The summed E-state index contributed by atoms with van der Waals surface area (Å²) in [6, 6.07) is 0. The number of cyclic esters (lactones) is 1. The fourth-order valence-corrected chi connectivity index (χ4v) is 3.91. The van der Waals surface area contributed by atoms with Crippen molar-refractivity contribution in [3.8, 4) is 0 Å². The lowest BCUT2D eigenvalue weighted by atomic mass is 10.1. The molecule has 2 aliphatic heterocycles. The van der Waals surface area contributed by atoms with E-state index in [1.54, 1.807) is 17.3 Å². The van der Waals surface area contributed by atoms with Gasteiger partial charge in [-0.25, -0.2) is 14.2 Å². The number of pyridine rings is 1. The molecule has 1 fully saturated rings. The van der Waals surface area contributed by atoms with Gasteiger partial charge in [0.05, 0.1) is 12.7 Å². The summed E-state index contributed by atoms with van der Waals surface area (Å²) in [5.74, 6) is 0.787. The third-order valence-electron chi connectivity index (χ3n) is 5.34. The van der Waals surface area contributed by atoms with Crippen LogP contribution in [0, 0.1) is 18.7 Å². The van der Waals surface area contributed by atoms with Gasteiger partial charge >= 0.3 is 6.09 Å². The SMILES string of the molecule is Cc1ncc(F)c2c1CC(CNCCC1CN(C3=CNCC=N3)C(=O)O1)C2. The highest BCUT2D eigenvalue weighted by Crippen LogP contribution is 2.30. The smallest absolute Gasteiger partial charge is 0.415 e. The Labute approximate surface area is 157 Å². The third kappa shape index (κ3) is 3.80. The van der Waals surface area contributed by atoms with Gasteiger partial charge in [0.1, 0.15) is 11.9 Å². The molecular formula is C19H24FN5O2. The molecule has 0 saturated carbocycles. The molecule has 1 aromatic heterocycles. The molecule has 1 aromatic rings. The highest BCUT2D eigenvalue weighted by Gasteiger charge is 2.33. The Balaban J connectivity index is 1.21. The van der Waals surface area contributed by atoms with Crippen molar-refractivity contribution >= 4 is 12.3 Å². The fraction of sp³-hybridized carbons (Fsp3) is 0.526. The van der Waals surface area contributed by atoms with Gasteiger partial charge in [-0.2, -0.15) is 0 Å². The summed E-state index contributed by atoms with van der Waals surface area (Å²) < 4.78 is 19.3. The summed E-state index contributed by atoms with van der Waals surface area (Å²) in [7, 11) is 0. The number of rotatable bonds is 6. The topological polar surface area (TPSA) is 78.9 Å². The molecule has 1 aliphatic carbocycles. The number of hydrogen-bond donors (Lipinski definition) is 2. The number of ether oxygens (including phenoxy) is 1. The molecule has 3 heterocycles. The summed E-state index contributed by atoms with van der Waals surface area (Å²) in [5.41, 5.74) is 2.82. The number of aliphatic imine (C=N–C) groups is 1. The second-order valence-electron chi connectivity index (χ2n) is 7.25. The van der Waals surface area contributed by atoms with E-state index in [-0.39, 0.29) is 18.0 Å². The first-order chi connectivity index (χ1) is 13.1. The Hall–Kier alpha value is -2.48. The van der Waals surface area contributed by atoms with E-state index in [4.69, 9.17) is 4.74 Å². The van der Waals surface area contributed by atoms with Crippen molar-refractivity contribution in [2.45, 2.75) is 32.3 Å². The molecule has 2 N–H and O–H groups in total. The lowest BCUT2D eigenvalue weighted by Gasteiger charge is -2.16. The summed E-state index contributed by atoms with van der Waals surface area (Å²) in [4.78, 5) is 21.9. The van der Waals surface area contributed by atoms with Crippen LogP contribution in [0.2, 0.25) is 0 Å². The fourth-order valence-electron chi connectivity index (χ4n) is 3.91. The van der Waals surface area contributed by atoms with E-state index in [1.165, 1.54) is 6.20 Å². The standard InChI is InChI=1S/C19H24FN5O2/c1-12-15-6-13(7-16(15)17(20)9-24-12)8-21-3-2-14-11-25(19(26)27-14)18-10-22-4-5-23-18/h5,9-10,13-14,21-22H,2-4,6-8,11H2,1H3. The number of fused-ring (bicyclic) bond motifs is 1. The van der Waals surface area contributed by atoms with E-state index < -0.39 is 0 Å². The molecule has 7 nitrogen and oxygen atoms in total. The quantitative estimate of drug-likeness (QED) is 0.739. The normalized spacial score (nSPS) is 23.9. The maximum atomic E-state index is 13.9. The Morgan fingerprint density at radius 2 is 2.26 bits per heavy atom. The number of aryl methyl sites for hydroxylation is 1. The van der Waals surface area contributed by atoms with Gasteiger partial charge in [-0.1, -0.05) is 0 Å². The second-order valence-corrected chi connectivity index (χ2v) is 7.25. The molecule has 0 spiro atoms. The van der Waals surface area contributed by atoms with Crippen LogP contribution in [0.4, 0.5) is 9.18 Å². The van der Waals surface area contributed by atoms with Gasteiger partial charge < -0.3 is 15.4 Å². The maximum Gasteiger partial charge on any atom is 0.415 e. The Morgan fingerprint density at radius 1 is 1.41 bits per heavy atom. The molecule has 2 unspecified atom stereocenters. The summed E-state index contributed by atoms with van der Waals surface area (Å²) in [6.45, 7) is 4.69. The zero-order valence-electron chi connectivity index (χ0n) is 15.4. The van der Waals surface area contributed by atoms with E-state index >= 15 is 0 Å². The highest BCUT2D eigenvalue weighted by molar-refractivity contribution is 5.73. The Morgan fingerprint density at radius 3 is 3.04 bits per heavy atom. The van der Waals surface area contributed by atoms with Crippen LogP contribution in [0.15, 0.2) is 23.2 Å². The molecule has 3 aliphatic rings. The van der Waals surface area contributed by atoms with Crippen molar-refractivity contribution in [3.63, 3.8) is 0 Å². The number of carbonyl (C=O) groups excluding carboxylic acids is 1. The second kappa shape index (κ2) is 7.64. The van der Waals surface area contributed by atoms with Crippen LogP contribution in [0.5, 0.6) is 0 Å². The molecule has 2 atom stereocenters. The van der Waals surface area contributed by atoms with Gasteiger partial charge in [-0.3, -0.25) is 9.88 Å². The van der Waals surface area contributed by atoms with Crippen LogP contribution in [-0.2, 0) is 17.6 Å². The molecule has 0 bridgehead atoms. The van der Waals surface area contributed by atoms with Crippen molar-refractivity contribution < 1.29 is 13.9 Å². The third-order valence-corrected chi connectivity index (χ3v) is 5.34. The van der Waals surface area contributed by atoms with E-state index in [0.717, 1.165) is 49.2 Å². The van der Waals surface area contributed by atoms with Crippen molar-refractivity contribution in [1.29, 1.82) is 0 Å². The number of hydrogen-bond acceptors (Lipinski definition) is 6. The van der Waals surface area contributed by atoms with Gasteiger partial charge in [0, 0.05) is 24.7 Å². The minimum absolute atomic E-state index is 0.146. The molecule has 4 rings (SSSR count). The van der Waals surface area contributed by atoms with Crippen LogP contribution < -0.4 is 10.6 Å². The Bertz CT molecular complexity index is 764. The number of nitrogens with one attached hydrogen (secondary N) is 2. The van der Waals surface area contributed by atoms with E-state index in [9.17, 15) is 9.18 Å². The number of carbonyl (C=O) groups is 1. The van der Waals surface area contributed by atoms with Crippen molar-refractivity contribution in [2.75, 3.05) is 26.2 Å². The van der Waals surface area contributed by atoms with E-state index in [2.05, 4.69) is 20.6 Å². The average molecular weight is 373 g/mol. The lowest BCUT2D eigenvalue weighted by molar-refractivity contribution is 0.130. The molecule has 1 amide bonds. The first kappa shape index (κ1) is 17.9. The monoisotopic (exact) mass is 373 g/mol. The van der Waals surface area contributed by atoms with E-state index in [0.29, 0.717) is 24.8 Å². The van der Waals surface area contributed by atoms with Gasteiger partial charge in [0.25, 0.3) is 0 Å². The highest BCUT2D eigenvalue weighted by atomic mass is 19.1. The summed E-state index contributed by atoms with van der Waals surface area (Å²) in [6.07, 6.45) is 6.65. The zero-order valence-corrected chi connectivity index (χ0v) is 15.4. The molecule has 144 valence electrons. The minimum atomic E-state index is -0.350. The van der Waals surface area contributed by atoms with Crippen molar-refractivity contribution in [2.24, 2.45) is 10.9 Å². The largest absolute Gasteiger partial charge is 0.444 e. The van der Waals surface area contributed by atoms with Crippen LogP contribution in [0.3, 0.4) is 0 Å². The van der Waals surface area contributed by atoms with Crippen LogP contribution >= 0.6 is 0 Å². The lowest BCUT2D eigenvalue weighted by Crippen LogP contribution is -2.29. The first-order valence-corrected chi connectivity index (χ1v) is 9.39. The summed E-state index contributed by atoms with van der Waals surface area (Å²) >= 11 is 0. The first-order valence-electron chi connectivity index (χ1n) is 9.39. The average Bonchev–Trinajstić information content (AvgIpc) is 3.27. The number of nitrogens with zero attached hydrogens (tertiary/aromatic N) is 3. The minimum Gasteiger partial charge on any atom is -0.444 e. The van der Waals surface area contributed by atoms with Gasteiger partial charge in [-0.05, 0) is 56.3 Å². The molecule has 1 saturated heterocycles. The molecule has 8 heteroatoms. The number of halogens is 1. The molecule has 0 radical (unpaired) electrons. The van der Waals surface area contributed by atoms with Gasteiger partial charge in [0.2, 0.25) is 0 Å². The molecule has 27 heavy (non-hydrogen) atoms. The van der Waals surface area contributed by atoms with Gasteiger partial charge in [-0.15, -0.1) is 0 Å². The predicted octanol–water partition coefficient (Wildman–Crippen LogP) is 1.52. The maximum absolute atomic E-state index is 13.9. The number of amides is 1. The van der Waals surface area contributed by atoms with Crippen LogP contribution in [0.25, 0.3) is 0 Å². The van der Waals surface area contributed by atoms with Crippen LogP contribution in [0.1, 0.15) is 23.2 Å². The Kier molecular flexibility index (Phi) is 5.07. The summed E-state index contributed by atoms with van der Waals surface area (Å²) in [5, 5.41) is 6.47. The zero-order chi connectivity index (χ0) is 18.8. The van der Waals surface area contributed by atoms with E-state index in [1.807, 2.05) is 6.92 Å².